The molecule has 0 amide bonds. The van der Waals surface area contributed by atoms with Crippen molar-refractivity contribution < 1.29 is 24.2 Å². The first-order chi connectivity index (χ1) is 13.2. The van der Waals surface area contributed by atoms with Crippen molar-refractivity contribution in [3.63, 3.8) is 0 Å². The van der Waals surface area contributed by atoms with Gasteiger partial charge in [0.1, 0.15) is 5.75 Å². The molecule has 1 N–H and O–H groups in total. The van der Waals surface area contributed by atoms with Crippen LogP contribution in [0.15, 0.2) is 42.5 Å². The molecule has 0 heterocycles. The van der Waals surface area contributed by atoms with Gasteiger partial charge in [-0.05, 0) is 72.7 Å². The molecule has 1 aliphatic carbocycles. The number of aromatic carboxylic acids is 1. The van der Waals surface area contributed by atoms with Crippen LogP contribution in [0.4, 0.5) is 0 Å². The lowest BCUT2D eigenvalue weighted by atomic mass is 9.67. The SMILES string of the molecule is COC(C)C1CCC(C)(C)c2ccc(C(=O)Oc3ccc(C(=O)O)cc3)cc21. The van der Waals surface area contributed by atoms with Crippen LogP contribution in [0.3, 0.4) is 0 Å². The zero-order valence-corrected chi connectivity index (χ0v) is 16.7. The maximum Gasteiger partial charge on any atom is 0.343 e. The van der Waals surface area contributed by atoms with Crippen LogP contribution in [0.1, 0.15) is 71.4 Å². The predicted molar refractivity (Wildman–Crippen MR) is 106 cm³/mol. The van der Waals surface area contributed by atoms with E-state index >= 15 is 0 Å². The summed E-state index contributed by atoms with van der Waals surface area (Å²) in [6.07, 6.45) is 2.13. The zero-order chi connectivity index (χ0) is 20.5. The fourth-order valence-electron chi connectivity index (χ4n) is 3.90. The fraction of sp³-hybridized carbons (Fsp3) is 0.391. The maximum atomic E-state index is 12.7. The highest BCUT2D eigenvalue weighted by Gasteiger charge is 2.35. The van der Waals surface area contributed by atoms with Gasteiger partial charge in [0.05, 0.1) is 17.2 Å². The summed E-state index contributed by atoms with van der Waals surface area (Å²) in [6, 6.07) is 11.5. The van der Waals surface area contributed by atoms with E-state index in [4.69, 9.17) is 14.6 Å². The summed E-state index contributed by atoms with van der Waals surface area (Å²) in [5.41, 5.74) is 3.06. The first-order valence-corrected chi connectivity index (χ1v) is 9.45. The minimum atomic E-state index is -1.02. The van der Waals surface area contributed by atoms with Gasteiger partial charge in [0.15, 0.2) is 0 Å². The summed E-state index contributed by atoms with van der Waals surface area (Å²) in [7, 11) is 1.71. The number of ether oxygens (including phenoxy) is 2. The van der Waals surface area contributed by atoms with Crippen LogP contribution in [-0.2, 0) is 10.2 Å². The Morgan fingerprint density at radius 3 is 2.36 bits per heavy atom. The number of carboxylic acids is 1. The van der Waals surface area contributed by atoms with Gasteiger partial charge in [-0.2, -0.15) is 0 Å². The molecule has 2 aromatic carbocycles. The summed E-state index contributed by atoms with van der Waals surface area (Å²) < 4.78 is 11.0. The number of carboxylic acid groups (broad SMARTS) is 1. The number of hydrogen-bond acceptors (Lipinski definition) is 4. The lowest BCUT2D eigenvalue weighted by molar-refractivity contribution is 0.0696. The Morgan fingerprint density at radius 1 is 1.11 bits per heavy atom. The van der Waals surface area contributed by atoms with E-state index in [9.17, 15) is 9.59 Å². The Hall–Kier alpha value is -2.66. The third-order valence-electron chi connectivity index (χ3n) is 5.75. The Morgan fingerprint density at radius 2 is 1.75 bits per heavy atom. The molecule has 2 unspecified atom stereocenters. The fourth-order valence-corrected chi connectivity index (χ4v) is 3.90. The molecule has 0 spiro atoms. The second-order valence-electron chi connectivity index (χ2n) is 7.99. The van der Waals surface area contributed by atoms with Gasteiger partial charge in [0.2, 0.25) is 0 Å². The van der Waals surface area contributed by atoms with Crippen molar-refractivity contribution >= 4 is 11.9 Å². The van der Waals surface area contributed by atoms with Crippen molar-refractivity contribution in [2.75, 3.05) is 7.11 Å². The van der Waals surface area contributed by atoms with Crippen LogP contribution >= 0.6 is 0 Å². The van der Waals surface area contributed by atoms with Crippen molar-refractivity contribution in [1.29, 1.82) is 0 Å². The second kappa shape index (κ2) is 7.76. The molecule has 5 nitrogen and oxygen atoms in total. The first-order valence-electron chi connectivity index (χ1n) is 9.45. The number of methoxy groups -OCH3 is 1. The quantitative estimate of drug-likeness (QED) is 0.594. The number of benzene rings is 2. The Bertz CT molecular complexity index is 882. The van der Waals surface area contributed by atoms with E-state index in [-0.39, 0.29) is 23.0 Å². The van der Waals surface area contributed by atoms with Crippen LogP contribution < -0.4 is 4.74 Å². The average Bonchev–Trinajstić information content (AvgIpc) is 2.67. The Labute approximate surface area is 165 Å². The van der Waals surface area contributed by atoms with Crippen LogP contribution in [0.25, 0.3) is 0 Å². The molecular weight excluding hydrogens is 356 g/mol. The third-order valence-corrected chi connectivity index (χ3v) is 5.75. The van der Waals surface area contributed by atoms with Gasteiger partial charge in [-0.15, -0.1) is 0 Å². The van der Waals surface area contributed by atoms with E-state index in [1.54, 1.807) is 13.2 Å². The number of fused-ring (bicyclic) bond motifs is 1. The summed E-state index contributed by atoms with van der Waals surface area (Å²) in [5, 5.41) is 8.96. The van der Waals surface area contributed by atoms with Crippen molar-refractivity contribution in [2.45, 2.75) is 51.0 Å². The summed E-state index contributed by atoms with van der Waals surface area (Å²) in [4.78, 5) is 23.6. The van der Waals surface area contributed by atoms with E-state index in [1.807, 2.05) is 12.1 Å². The third kappa shape index (κ3) is 3.94. The first kappa shape index (κ1) is 20.1. The predicted octanol–water partition coefficient (Wildman–Crippen LogP) is 4.79. The van der Waals surface area contributed by atoms with E-state index < -0.39 is 11.9 Å². The number of hydrogen-bond donors (Lipinski definition) is 1. The standard InChI is InChI=1S/C23H26O5/c1-14(27-4)18-11-12-23(2,3)20-10-7-16(13-19(18)20)22(26)28-17-8-5-15(6-9-17)21(24)25/h5-10,13-14,18H,11-12H2,1-4H3,(H,24,25). The maximum absolute atomic E-state index is 12.7. The van der Waals surface area contributed by atoms with Gasteiger partial charge in [-0.25, -0.2) is 9.59 Å². The van der Waals surface area contributed by atoms with Crippen LogP contribution in [0, 0.1) is 0 Å². The molecule has 28 heavy (non-hydrogen) atoms. The Balaban J connectivity index is 1.88. The molecule has 0 saturated heterocycles. The normalized spacial score (nSPS) is 18.8. The number of carbonyl (C=O) groups excluding carboxylic acids is 1. The molecule has 0 bridgehead atoms. The van der Waals surface area contributed by atoms with Crippen molar-refractivity contribution in [3.05, 3.63) is 64.7 Å². The lowest BCUT2D eigenvalue weighted by Crippen LogP contribution is -2.31. The second-order valence-corrected chi connectivity index (χ2v) is 7.99. The van der Waals surface area contributed by atoms with Gasteiger partial charge in [-0.1, -0.05) is 19.9 Å². The monoisotopic (exact) mass is 382 g/mol. The van der Waals surface area contributed by atoms with E-state index in [2.05, 4.69) is 20.8 Å². The number of rotatable bonds is 5. The molecule has 3 rings (SSSR count). The molecule has 2 atom stereocenters. The summed E-state index contributed by atoms with van der Waals surface area (Å²) >= 11 is 0. The zero-order valence-electron chi connectivity index (χ0n) is 16.7. The summed E-state index contributed by atoms with van der Waals surface area (Å²) in [6.45, 7) is 6.50. The summed E-state index contributed by atoms with van der Waals surface area (Å²) in [5.74, 6) is -0.933. The van der Waals surface area contributed by atoms with Gasteiger partial charge in [0.25, 0.3) is 0 Å². The van der Waals surface area contributed by atoms with E-state index in [0.29, 0.717) is 11.3 Å². The van der Waals surface area contributed by atoms with E-state index in [0.717, 1.165) is 18.4 Å². The number of carbonyl (C=O) groups is 2. The molecule has 0 saturated carbocycles. The Kier molecular flexibility index (Phi) is 5.57. The molecule has 0 aliphatic heterocycles. The molecule has 2 aromatic rings. The van der Waals surface area contributed by atoms with Crippen LogP contribution in [-0.4, -0.2) is 30.3 Å². The highest BCUT2D eigenvalue weighted by Crippen LogP contribution is 2.44. The van der Waals surface area contributed by atoms with Gasteiger partial charge in [0, 0.05) is 13.0 Å². The molecule has 148 valence electrons. The largest absolute Gasteiger partial charge is 0.478 e. The van der Waals surface area contributed by atoms with Crippen molar-refractivity contribution in [1.82, 2.24) is 0 Å². The van der Waals surface area contributed by atoms with Gasteiger partial charge < -0.3 is 14.6 Å². The molecule has 5 heteroatoms. The van der Waals surface area contributed by atoms with Crippen molar-refractivity contribution in [2.24, 2.45) is 0 Å². The molecule has 0 radical (unpaired) electrons. The van der Waals surface area contributed by atoms with Crippen LogP contribution in [0.2, 0.25) is 0 Å². The average molecular weight is 382 g/mol. The minimum absolute atomic E-state index is 0.0500. The highest BCUT2D eigenvalue weighted by molar-refractivity contribution is 5.92. The molecule has 1 aliphatic rings. The molecule has 0 fully saturated rings. The lowest BCUT2D eigenvalue weighted by Gasteiger charge is -2.39. The highest BCUT2D eigenvalue weighted by atomic mass is 16.5. The number of esters is 1. The topological polar surface area (TPSA) is 72.8 Å². The van der Waals surface area contributed by atoms with Crippen molar-refractivity contribution in [3.8, 4) is 5.75 Å². The van der Waals surface area contributed by atoms with E-state index in [1.165, 1.54) is 29.8 Å². The molecule has 0 aromatic heterocycles. The van der Waals surface area contributed by atoms with Gasteiger partial charge in [-0.3, -0.25) is 0 Å². The van der Waals surface area contributed by atoms with Gasteiger partial charge >= 0.3 is 11.9 Å². The smallest absolute Gasteiger partial charge is 0.343 e. The molecular formula is C23H26O5. The van der Waals surface area contributed by atoms with Crippen LogP contribution in [0.5, 0.6) is 5.75 Å². The minimum Gasteiger partial charge on any atom is -0.478 e.